The highest BCUT2D eigenvalue weighted by atomic mass is 16.2. The number of fused-ring (bicyclic) bond motifs is 7. The van der Waals surface area contributed by atoms with Gasteiger partial charge in [-0.05, 0) is 81.8 Å². The summed E-state index contributed by atoms with van der Waals surface area (Å²) < 4.78 is 0. The highest BCUT2D eigenvalue weighted by molar-refractivity contribution is 6.07. The number of rotatable bonds is 3. The average Bonchev–Trinajstić information content (AvgIpc) is 3.60. The van der Waals surface area contributed by atoms with Crippen LogP contribution in [0, 0.1) is 12.8 Å². The molecular weight excluding hydrogens is 380 g/mol. The quantitative estimate of drug-likeness (QED) is 0.340. The second-order valence-electron chi connectivity index (χ2n) is 10.5. The van der Waals surface area contributed by atoms with Crippen LogP contribution in [0.4, 0.5) is 5.69 Å². The summed E-state index contributed by atoms with van der Waals surface area (Å²) in [4.78, 5) is 16.9. The first-order chi connectivity index (χ1) is 14.8. The zero-order chi connectivity index (χ0) is 21.1. The van der Waals surface area contributed by atoms with Gasteiger partial charge in [0, 0.05) is 43.4 Å². The predicted octanol–water partition coefficient (Wildman–Crippen LogP) is 6.61. The highest BCUT2D eigenvalue weighted by Gasteiger charge is 2.51. The number of aromatic amines is 1. The Morgan fingerprint density at radius 3 is 2.39 bits per heavy atom. The van der Waals surface area contributed by atoms with Gasteiger partial charge in [-0.15, -0.1) is 0 Å². The molecule has 0 spiro atoms. The van der Waals surface area contributed by atoms with Crippen molar-refractivity contribution in [2.45, 2.75) is 44.4 Å². The van der Waals surface area contributed by atoms with Gasteiger partial charge in [-0.2, -0.15) is 0 Å². The van der Waals surface area contributed by atoms with Gasteiger partial charge in [0.05, 0.1) is 5.41 Å². The third kappa shape index (κ3) is 2.49. The second kappa shape index (κ2) is 5.40. The first-order valence-corrected chi connectivity index (χ1v) is 11.1. The minimum Gasteiger partial charge on any atom is -0.358 e. The Morgan fingerprint density at radius 1 is 0.935 bits per heavy atom. The van der Waals surface area contributed by atoms with E-state index in [1.165, 1.54) is 38.7 Å². The van der Waals surface area contributed by atoms with Crippen LogP contribution < -0.4 is 5.32 Å². The molecule has 1 amide bonds. The van der Waals surface area contributed by atoms with Crippen molar-refractivity contribution in [3.05, 3.63) is 88.8 Å². The van der Waals surface area contributed by atoms with Crippen molar-refractivity contribution < 1.29 is 7.65 Å². The summed E-state index contributed by atoms with van der Waals surface area (Å²) in [6, 6.07) is 15.0. The van der Waals surface area contributed by atoms with E-state index >= 15 is 0 Å². The smallest absolute Gasteiger partial charge is 0.235 e. The van der Waals surface area contributed by atoms with Crippen LogP contribution >= 0.6 is 0 Å². The number of H-pyrrole nitrogens is 1. The maximum Gasteiger partial charge on any atom is 0.235 e. The number of amides is 1. The summed E-state index contributed by atoms with van der Waals surface area (Å²) in [6.45, 7) is 6.60. The largest absolute Gasteiger partial charge is 0.358 e. The topological polar surface area (TPSA) is 44.9 Å². The van der Waals surface area contributed by atoms with Crippen LogP contribution in [0.25, 0.3) is 21.7 Å². The third-order valence-corrected chi connectivity index (χ3v) is 7.30. The Hall–Kier alpha value is -3.07. The number of hydrogen-bond acceptors (Lipinski definition) is 1. The Bertz CT molecular complexity index is 1470. The van der Waals surface area contributed by atoms with E-state index in [0.717, 1.165) is 35.0 Å². The van der Waals surface area contributed by atoms with Crippen molar-refractivity contribution in [3.63, 3.8) is 0 Å². The summed E-state index contributed by atoms with van der Waals surface area (Å²) in [7, 11) is 0. The van der Waals surface area contributed by atoms with Gasteiger partial charge in [-0.1, -0.05) is 32.9 Å². The molecule has 0 saturated heterocycles. The highest BCUT2D eigenvalue weighted by Crippen LogP contribution is 2.55. The van der Waals surface area contributed by atoms with Crippen LogP contribution in [0.3, 0.4) is 0 Å². The molecule has 1 aromatic heterocycles. The molecule has 3 aliphatic rings. The van der Waals surface area contributed by atoms with Crippen LogP contribution in [0.2, 0.25) is 0 Å². The van der Waals surface area contributed by atoms with Crippen LogP contribution in [-0.4, -0.2) is 10.9 Å². The lowest BCUT2D eigenvalue weighted by molar-refractivity contribution is -0.118. The van der Waals surface area contributed by atoms with Crippen LogP contribution in [0.1, 0.15) is 70.0 Å². The molecule has 0 bridgehead atoms. The SMILES string of the molecule is CC(C)(C)c1cc2cc(NC(=O)C3(c4ccc5c6c(c7c(c5c4)[CH]7)[CH]6)CC3)ccc2[nH]1.[HH].[HH]. The molecule has 0 unspecified atom stereocenters. The fourth-order valence-electron chi connectivity index (χ4n) is 5.04. The van der Waals surface area contributed by atoms with Gasteiger partial charge in [0.25, 0.3) is 0 Å². The number of anilines is 1. The summed E-state index contributed by atoms with van der Waals surface area (Å²) in [5.74, 6) is 0.112. The minimum absolute atomic E-state index is 0. The Balaban J connectivity index is 0.00000114. The normalized spacial score (nSPS) is 17.4. The molecule has 156 valence electrons. The van der Waals surface area contributed by atoms with Gasteiger partial charge in [0.15, 0.2) is 0 Å². The number of hydrogen-bond donors (Lipinski definition) is 2. The van der Waals surface area contributed by atoms with Gasteiger partial charge in [-0.25, -0.2) is 0 Å². The minimum atomic E-state index is -0.393. The lowest BCUT2D eigenvalue weighted by Gasteiger charge is -2.17. The lowest BCUT2D eigenvalue weighted by Crippen LogP contribution is -2.27. The fraction of sp³-hybridized carbons (Fsp3) is 0.250. The van der Waals surface area contributed by atoms with Crippen LogP contribution in [0.5, 0.6) is 0 Å². The van der Waals surface area contributed by atoms with E-state index in [1.54, 1.807) is 0 Å². The van der Waals surface area contributed by atoms with E-state index in [4.69, 9.17) is 0 Å². The predicted molar refractivity (Wildman–Crippen MR) is 130 cm³/mol. The summed E-state index contributed by atoms with van der Waals surface area (Å²) >= 11 is 0. The molecule has 3 aromatic carbocycles. The molecule has 0 aliphatic heterocycles. The molecule has 1 fully saturated rings. The Labute approximate surface area is 184 Å². The van der Waals surface area contributed by atoms with Gasteiger partial charge in [-0.3, -0.25) is 4.79 Å². The molecule has 1 heterocycles. The molecule has 0 atom stereocenters. The summed E-state index contributed by atoms with van der Waals surface area (Å²) in [5, 5.41) is 6.98. The average molecular weight is 409 g/mol. The number of carbonyl (C=O) groups excluding carboxylic acids is 1. The van der Waals surface area contributed by atoms with Crippen LogP contribution in [0.15, 0.2) is 42.5 Å². The van der Waals surface area contributed by atoms with E-state index in [1.807, 2.05) is 6.07 Å². The Morgan fingerprint density at radius 2 is 1.68 bits per heavy atom. The van der Waals surface area contributed by atoms with Crippen molar-refractivity contribution >= 4 is 33.3 Å². The van der Waals surface area contributed by atoms with Crippen molar-refractivity contribution in [1.82, 2.24) is 4.98 Å². The zero-order valence-corrected chi connectivity index (χ0v) is 18.0. The van der Waals surface area contributed by atoms with Gasteiger partial charge in [0.2, 0.25) is 5.91 Å². The Kier molecular flexibility index (Phi) is 3.06. The van der Waals surface area contributed by atoms with Gasteiger partial charge in [0.1, 0.15) is 0 Å². The van der Waals surface area contributed by atoms with E-state index in [2.05, 4.69) is 80.3 Å². The molecule has 31 heavy (non-hydrogen) atoms. The number of nitrogens with one attached hydrogen (secondary N) is 2. The van der Waals surface area contributed by atoms with Crippen molar-refractivity contribution in [2.75, 3.05) is 5.32 Å². The first kappa shape index (κ1) is 17.6. The molecule has 4 aromatic rings. The number of benzene rings is 3. The maximum absolute atomic E-state index is 13.4. The van der Waals surface area contributed by atoms with Gasteiger partial charge >= 0.3 is 0 Å². The van der Waals surface area contributed by atoms with Crippen LogP contribution in [-0.2, 0) is 15.6 Å². The first-order valence-electron chi connectivity index (χ1n) is 11.1. The van der Waals surface area contributed by atoms with E-state index in [0.29, 0.717) is 0 Å². The summed E-state index contributed by atoms with van der Waals surface area (Å²) in [5.41, 5.74) is 9.58. The van der Waals surface area contributed by atoms with E-state index in [-0.39, 0.29) is 14.2 Å². The molecule has 3 aliphatic carbocycles. The molecule has 1 saturated carbocycles. The molecule has 2 N–H and O–H groups in total. The van der Waals surface area contributed by atoms with Crippen molar-refractivity contribution in [3.8, 4) is 0 Å². The third-order valence-electron chi connectivity index (χ3n) is 7.30. The molecular formula is C28H28N2O. The van der Waals surface area contributed by atoms with E-state index in [9.17, 15) is 4.79 Å². The van der Waals surface area contributed by atoms with E-state index < -0.39 is 5.41 Å². The molecule has 7 rings (SSSR count). The number of carbonyl (C=O) groups is 1. The maximum atomic E-state index is 13.4. The molecule has 2 radical (unpaired) electrons. The zero-order valence-electron chi connectivity index (χ0n) is 18.0. The fourth-order valence-corrected chi connectivity index (χ4v) is 5.04. The monoisotopic (exact) mass is 408 g/mol. The molecule has 3 nitrogen and oxygen atoms in total. The number of aromatic nitrogens is 1. The summed E-state index contributed by atoms with van der Waals surface area (Å²) in [6.07, 6.45) is 6.36. The second-order valence-corrected chi connectivity index (χ2v) is 10.5. The van der Waals surface area contributed by atoms with Crippen molar-refractivity contribution in [2.24, 2.45) is 0 Å². The standard InChI is InChI=1S/C28H24N2O.2H2/c1-27(2,3)25-11-15-10-17(5-7-24(15)30-25)29-26(31)28(8-9-28)16-4-6-18-19(12-16)21-14-23(21)22-13-20(18)22;;/h4-7,10-14,30H,8-9H2,1-3H3,(H,29,31);2*1H. The van der Waals surface area contributed by atoms with Crippen molar-refractivity contribution in [1.29, 1.82) is 0 Å². The van der Waals surface area contributed by atoms with Gasteiger partial charge < -0.3 is 10.3 Å². The molecule has 3 heteroatoms. The lowest BCUT2D eigenvalue weighted by atomic mass is 9.92.